The van der Waals surface area contributed by atoms with E-state index in [4.69, 9.17) is 10.5 Å². The number of amides is 3. The number of thiophene rings is 1. The van der Waals surface area contributed by atoms with Gasteiger partial charge in [-0.15, -0.1) is 11.3 Å². The normalized spacial score (nSPS) is 11.8. The number of carbonyl (C=O) groups excluding carboxylic acids is 2. The van der Waals surface area contributed by atoms with Crippen LogP contribution < -0.4 is 16.4 Å². The Kier molecular flexibility index (Phi) is 6.91. The van der Waals surface area contributed by atoms with Crippen LogP contribution in [0.2, 0.25) is 0 Å². The molecule has 0 radical (unpaired) electrons. The van der Waals surface area contributed by atoms with E-state index in [0.717, 1.165) is 11.3 Å². The maximum Gasteiger partial charge on any atom is 0.312 e. The smallest absolute Gasteiger partial charge is 0.312 e. The molecule has 19 heavy (non-hydrogen) atoms. The molecule has 0 aliphatic heterocycles. The van der Waals surface area contributed by atoms with Crippen molar-refractivity contribution in [3.63, 3.8) is 0 Å². The Morgan fingerprint density at radius 1 is 1.53 bits per heavy atom. The van der Waals surface area contributed by atoms with Gasteiger partial charge in [0.25, 0.3) is 0 Å². The molecule has 0 spiro atoms. The molecule has 0 fully saturated rings. The van der Waals surface area contributed by atoms with Crippen LogP contribution in [0, 0.1) is 0 Å². The van der Waals surface area contributed by atoms with E-state index >= 15 is 0 Å². The summed E-state index contributed by atoms with van der Waals surface area (Å²) < 4.78 is 4.89. The van der Waals surface area contributed by atoms with Crippen molar-refractivity contribution in [2.45, 2.75) is 18.9 Å². The third kappa shape index (κ3) is 6.21. The van der Waals surface area contributed by atoms with Crippen LogP contribution in [0.4, 0.5) is 4.79 Å². The highest BCUT2D eigenvalue weighted by molar-refractivity contribution is 7.10. The standard InChI is InChI=1S/C12H19N3O3S/c1-18-6-3-5-14-11(16)8-9(15-12(13)17)10-4-2-7-19-10/h2,4,7,9H,3,5-6,8H2,1H3,(H,14,16)(H3,13,15,17). The molecule has 7 heteroatoms. The van der Waals surface area contributed by atoms with Crippen molar-refractivity contribution in [1.82, 2.24) is 10.6 Å². The van der Waals surface area contributed by atoms with E-state index < -0.39 is 6.03 Å². The van der Waals surface area contributed by atoms with Crippen molar-refractivity contribution < 1.29 is 14.3 Å². The minimum atomic E-state index is -0.634. The average Bonchev–Trinajstić information content (AvgIpc) is 2.87. The lowest BCUT2D eigenvalue weighted by atomic mass is 10.1. The number of rotatable bonds is 8. The van der Waals surface area contributed by atoms with Crippen molar-refractivity contribution in [1.29, 1.82) is 0 Å². The zero-order valence-corrected chi connectivity index (χ0v) is 11.7. The molecule has 0 aliphatic carbocycles. The van der Waals surface area contributed by atoms with Crippen LogP contribution in [0.25, 0.3) is 0 Å². The predicted molar refractivity (Wildman–Crippen MR) is 73.9 cm³/mol. The second kappa shape index (κ2) is 8.49. The SMILES string of the molecule is COCCCNC(=O)CC(NC(N)=O)c1cccs1. The van der Waals surface area contributed by atoms with Gasteiger partial charge in [0.1, 0.15) is 0 Å². The Bertz CT molecular complexity index is 395. The number of nitrogens with one attached hydrogen (secondary N) is 2. The van der Waals surface area contributed by atoms with E-state index in [1.54, 1.807) is 7.11 Å². The highest BCUT2D eigenvalue weighted by atomic mass is 32.1. The van der Waals surface area contributed by atoms with Crippen molar-refractivity contribution in [2.75, 3.05) is 20.3 Å². The van der Waals surface area contributed by atoms with Crippen LogP contribution >= 0.6 is 11.3 Å². The van der Waals surface area contributed by atoms with Gasteiger partial charge >= 0.3 is 6.03 Å². The first-order chi connectivity index (χ1) is 9.13. The van der Waals surface area contributed by atoms with Gasteiger partial charge < -0.3 is 21.1 Å². The van der Waals surface area contributed by atoms with Crippen LogP contribution in [-0.2, 0) is 9.53 Å². The van der Waals surface area contributed by atoms with Gasteiger partial charge in [0.2, 0.25) is 5.91 Å². The first-order valence-corrected chi connectivity index (χ1v) is 6.86. The molecule has 106 valence electrons. The van der Waals surface area contributed by atoms with E-state index in [1.807, 2.05) is 17.5 Å². The molecule has 1 aromatic rings. The third-order valence-electron chi connectivity index (χ3n) is 2.44. The van der Waals surface area contributed by atoms with E-state index in [0.29, 0.717) is 13.2 Å². The number of hydrogen-bond donors (Lipinski definition) is 3. The molecule has 1 unspecified atom stereocenters. The molecule has 1 atom stereocenters. The topological polar surface area (TPSA) is 93.4 Å². The summed E-state index contributed by atoms with van der Waals surface area (Å²) in [6.07, 6.45) is 0.936. The maximum absolute atomic E-state index is 11.8. The summed E-state index contributed by atoms with van der Waals surface area (Å²) in [6.45, 7) is 1.16. The van der Waals surface area contributed by atoms with E-state index in [2.05, 4.69) is 10.6 Å². The number of methoxy groups -OCH3 is 1. The van der Waals surface area contributed by atoms with Gasteiger partial charge in [0, 0.05) is 25.1 Å². The van der Waals surface area contributed by atoms with Gasteiger partial charge in [-0.05, 0) is 17.9 Å². The Morgan fingerprint density at radius 2 is 2.32 bits per heavy atom. The second-order valence-corrected chi connectivity index (χ2v) is 4.96. The lowest BCUT2D eigenvalue weighted by Crippen LogP contribution is -2.36. The quantitative estimate of drug-likeness (QED) is 0.622. The molecule has 0 saturated heterocycles. The number of nitrogens with two attached hydrogens (primary N) is 1. The molecule has 0 aliphatic rings. The first kappa shape index (κ1) is 15.5. The van der Waals surface area contributed by atoms with Gasteiger partial charge in [-0.2, -0.15) is 0 Å². The van der Waals surface area contributed by atoms with Crippen molar-refractivity contribution in [3.8, 4) is 0 Å². The Balaban J connectivity index is 2.44. The highest BCUT2D eigenvalue weighted by Gasteiger charge is 2.17. The van der Waals surface area contributed by atoms with Crippen LogP contribution in [0.3, 0.4) is 0 Å². The minimum Gasteiger partial charge on any atom is -0.385 e. The molecular weight excluding hydrogens is 266 g/mol. The third-order valence-corrected chi connectivity index (χ3v) is 3.43. The Labute approximate surface area is 116 Å². The summed E-state index contributed by atoms with van der Waals surface area (Å²) in [5.41, 5.74) is 5.12. The average molecular weight is 285 g/mol. The maximum atomic E-state index is 11.8. The Morgan fingerprint density at radius 3 is 2.89 bits per heavy atom. The minimum absolute atomic E-state index is 0.122. The van der Waals surface area contributed by atoms with Gasteiger partial charge in [-0.1, -0.05) is 6.07 Å². The summed E-state index contributed by atoms with van der Waals surface area (Å²) in [6, 6.07) is 2.72. The van der Waals surface area contributed by atoms with Gasteiger partial charge in [0.15, 0.2) is 0 Å². The van der Waals surface area contributed by atoms with Gasteiger partial charge in [0.05, 0.1) is 12.5 Å². The van der Waals surface area contributed by atoms with Crippen molar-refractivity contribution in [2.24, 2.45) is 5.73 Å². The number of hydrogen-bond acceptors (Lipinski definition) is 4. The predicted octanol–water partition coefficient (Wildman–Crippen LogP) is 1.00. The lowest BCUT2D eigenvalue weighted by Gasteiger charge is -2.15. The van der Waals surface area contributed by atoms with Crippen molar-refractivity contribution >= 4 is 23.3 Å². The number of urea groups is 1. The highest BCUT2D eigenvalue weighted by Crippen LogP contribution is 2.21. The van der Waals surface area contributed by atoms with E-state index in [9.17, 15) is 9.59 Å². The summed E-state index contributed by atoms with van der Waals surface area (Å²) in [7, 11) is 1.62. The molecule has 0 aromatic carbocycles. The zero-order chi connectivity index (χ0) is 14.1. The largest absolute Gasteiger partial charge is 0.385 e. The number of carbonyl (C=O) groups is 2. The molecule has 1 heterocycles. The monoisotopic (exact) mass is 285 g/mol. The summed E-state index contributed by atoms with van der Waals surface area (Å²) in [5.74, 6) is -0.122. The lowest BCUT2D eigenvalue weighted by molar-refractivity contribution is -0.121. The first-order valence-electron chi connectivity index (χ1n) is 5.98. The molecule has 1 rings (SSSR count). The fourth-order valence-corrected chi connectivity index (χ4v) is 2.36. The fraction of sp³-hybridized carbons (Fsp3) is 0.500. The van der Waals surface area contributed by atoms with Gasteiger partial charge in [-0.3, -0.25) is 4.79 Å². The summed E-state index contributed by atoms with van der Waals surface area (Å²) in [5, 5.41) is 7.25. The molecular formula is C12H19N3O3S. The molecule has 1 aromatic heterocycles. The summed E-state index contributed by atoms with van der Waals surface area (Å²) >= 11 is 1.48. The molecule has 6 nitrogen and oxygen atoms in total. The molecule has 0 saturated carbocycles. The Hall–Kier alpha value is -1.60. The number of primary amides is 1. The van der Waals surface area contributed by atoms with Crippen LogP contribution in [0.1, 0.15) is 23.8 Å². The number of ether oxygens (including phenoxy) is 1. The van der Waals surface area contributed by atoms with E-state index in [-0.39, 0.29) is 18.4 Å². The van der Waals surface area contributed by atoms with Crippen LogP contribution in [0.15, 0.2) is 17.5 Å². The van der Waals surface area contributed by atoms with E-state index in [1.165, 1.54) is 11.3 Å². The summed E-state index contributed by atoms with van der Waals surface area (Å²) in [4.78, 5) is 23.6. The fourth-order valence-electron chi connectivity index (χ4n) is 1.59. The molecule has 4 N–H and O–H groups in total. The van der Waals surface area contributed by atoms with Crippen LogP contribution in [-0.4, -0.2) is 32.2 Å². The molecule has 0 bridgehead atoms. The van der Waals surface area contributed by atoms with Gasteiger partial charge in [-0.25, -0.2) is 4.79 Å². The second-order valence-electron chi connectivity index (χ2n) is 3.98. The van der Waals surface area contributed by atoms with Crippen LogP contribution in [0.5, 0.6) is 0 Å². The van der Waals surface area contributed by atoms with Crippen molar-refractivity contribution in [3.05, 3.63) is 22.4 Å². The molecule has 3 amide bonds. The zero-order valence-electron chi connectivity index (χ0n) is 10.8.